The van der Waals surface area contributed by atoms with Gasteiger partial charge in [-0.15, -0.1) is 0 Å². The molecule has 108 valence electrons. The molecular weight excluding hydrogens is 314 g/mol. The molecular formula is C17H22BrNO. The maximum absolute atomic E-state index is 5.96. The Morgan fingerprint density at radius 2 is 2.00 bits per heavy atom. The van der Waals surface area contributed by atoms with Gasteiger partial charge in [0, 0.05) is 10.9 Å². The quantitative estimate of drug-likeness (QED) is 0.803. The van der Waals surface area contributed by atoms with Crippen molar-refractivity contribution in [3.63, 3.8) is 0 Å². The van der Waals surface area contributed by atoms with Gasteiger partial charge in [0.15, 0.2) is 0 Å². The molecule has 0 radical (unpaired) electrons. The Bertz CT molecular complexity index is 562. The summed E-state index contributed by atoms with van der Waals surface area (Å²) in [5.74, 6) is 2.04. The van der Waals surface area contributed by atoms with Crippen LogP contribution in [0.3, 0.4) is 0 Å². The third-order valence-corrected chi connectivity index (χ3v) is 3.95. The van der Waals surface area contributed by atoms with Gasteiger partial charge in [0.25, 0.3) is 0 Å². The van der Waals surface area contributed by atoms with Gasteiger partial charge in [-0.2, -0.15) is 0 Å². The molecule has 0 saturated carbocycles. The number of furan rings is 1. The van der Waals surface area contributed by atoms with Crippen molar-refractivity contribution in [1.29, 1.82) is 0 Å². The summed E-state index contributed by atoms with van der Waals surface area (Å²) in [5, 5.41) is 3.59. The molecule has 1 heterocycles. The summed E-state index contributed by atoms with van der Waals surface area (Å²) in [6.07, 6.45) is 2.03. The second-order valence-corrected chi connectivity index (χ2v) is 5.96. The Morgan fingerprint density at radius 1 is 1.20 bits per heavy atom. The van der Waals surface area contributed by atoms with E-state index in [9.17, 15) is 0 Å². The minimum atomic E-state index is 0.128. The van der Waals surface area contributed by atoms with Crippen molar-refractivity contribution in [2.75, 3.05) is 6.54 Å². The molecule has 2 rings (SSSR count). The van der Waals surface area contributed by atoms with Crippen LogP contribution in [0.2, 0.25) is 0 Å². The van der Waals surface area contributed by atoms with Crippen molar-refractivity contribution in [3.05, 3.63) is 57.5 Å². The van der Waals surface area contributed by atoms with E-state index in [0.717, 1.165) is 35.4 Å². The van der Waals surface area contributed by atoms with E-state index in [0.29, 0.717) is 0 Å². The maximum Gasteiger partial charge on any atom is 0.125 e. The highest BCUT2D eigenvalue weighted by Crippen LogP contribution is 2.28. The normalized spacial score (nSPS) is 12.6. The minimum Gasteiger partial charge on any atom is -0.464 e. The van der Waals surface area contributed by atoms with Gasteiger partial charge in [-0.1, -0.05) is 35.8 Å². The standard InChI is InChI=1S/C17H22BrNO/c1-4-10-19-17(16-9-7-14(5-2)20-16)15-8-6-13(18)11-12(15)3/h6-9,11,17,19H,4-5,10H2,1-3H3. The van der Waals surface area contributed by atoms with Crippen LogP contribution in [0.1, 0.15) is 49.0 Å². The topological polar surface area (TPSA) is 25.2 Å². The number of halogens is 1. The van der Waals surface area contributed by atoms with Gasteiger partial charge >= 0.3 is 0 Å². The first kappa shape index (κ1) is 15.3. The molecule has 0 saturated heterocycles. The van der Waals surface area contributed by atoms with E-state index in [1.807, 2.05) is 0 Å². The first-order valence-electron chi connectivity index (χ1n) is 7.23. The van der Waals surface area contributed by atoms with Crippen LogP contribution in [0, 0.1) is 6.92 Å². The van der Waals surface area contributed by atoms with Gasteiger partial charge in [-0.05, 0) is 55.3 Å². The molecule has 2 aromatic rings. The molecule has 0 aliphatic heterocycles. The zero-order valence-corrected chi connectivity index (χ0v) is 14.0. The molecule has 1 atom stereocenters. The molecule has 1 N–H and O–H groups in total. The van der Waals surface area contributed by atoms with E-state index in [1.54, 1.807) is 0 Å². The molecule has 1 aromatic carbocycles. The van der Waals surface area contributed by atoms with E-state index < -0.39 is 0 Å². The number of nitrogens with one attached hydrogen (secondary N) is 1. The molecule has 0 fully saturated rings. The molecule has 1 unspecified atom stereocenters. The summed E-state index contributed by atoms with van der Waals surface area (Å²) in [5.41, 5.74) is 2.54. The average Bonchev–Trinajstić information content (AvgIpc) is 2.90. The molecule has 1 aromatic heterocycles. The average molecular weight is 336 g/mol. The molecule has 2 nitrogen and oxygen atoms in total. The summed E-state index contributed by atoms with van der Waals surface area (Å²) in [4.78, 5) is 0. The number of rotatable bonds is 6. The fourth-order valence-electron chi connectivity index (χ4n) is 2.36. The van der Waals surface area contributed by atoms with Crippen LogP contribution >= 0.6 is 15.9 Å². The summed E-state index contributed by atoms with van der Waals surface area (Å²) in [6, 6.07) is 10.7. The zero-order valence-electron chi connectivity index (χ0n) is 12.4. The van der Waals surface area contributed by atoms with E-state index in [2.05, 4.69) is 72.3 Å². The SMILES string of the molecule is CCCNC(c1ccc(CC)o1)c1ccc(Br)cc1C. The van der Waals surface area contributed by atoms with E-state index in [1.165, 1.54) is 11.1 Å². The molecule has 0 amide bonds. The van der Waals surface area contributed by atoms with Crippen molar-refractivity contribution in [2.24, 2.45) is 0 Å². The van der Waals surface area contributed by atoms with Crippen LogP contribution in [-0.4, -0.2) is 6.54 Å². The largest absolute Gasteiger partial charge is 0.464 e. The lowest BCUT2D eigenvalue weighted by Gasteiger charge is -2.19. The Labute approximate surface area is 129 Å². The molecule has 0 bridgehead atoms. The third-order valence-electron chi connectivity index (χ3n) is 3.46. The van der Waals surface area contributed by atoms with E-state index in [4.69, 9.17) is 4.42 Å². The van der Waals surface area contributed by atoms with Crippen molar-refractivity contribution < 1.29 is 4.42 Å². The Kier molecular flexibility index (Phi) is 5.44. The second kappa shape index (κ2) is 7.09. The van der Waals surface area contributed by atoms with Crippen LogP contribution in [0.4, 0.5) is 0 Å². The summed E-state index contributed by atoms with van der Waals surface area (Å²) < 4.78 is 7.07. The lowest BCUT2D eigenvalue weighted by atomic mass is 9.99. The van der Waals surface area contributed by atoms with Gasteiger partial charge in [-0.3, -0.25) is 0 Å². The van der Waals surface area contributed by atoms with Gasteiger partial charge in [0.2, 0.25) is 0 Å². The monoisotopic (exact) mass is 335 g/mol. The first-order chi connectivity index (χ1) is 9.65. The fourth-order valence-corrected chi connectivity index (χ4v) is 2.83. The summed E-state index contributed by atoms with van der Waals surface area (Å²) in [7, 11) is 0. The number of aryl methyl sites for hydroxylation is 2. The third kappa shape index (κ3) is 3.53. The number of hydrogen-bond donors (Lipinski definition) is 1. The second-order valence-electron chi connectivity index (χ2n) is 5.05. The molecule has 0 spiro atoms. The lowest BCUT2D eigenvalue weighted by molar-refractivity contribution is 0.421. The number of hydrogen-bond acceptors (Lipinski definition) is 2. The fraction of sp³-hybridized carbons (Fsp3) is 0.412. The van der Waals surface area contributed by atoms with Gasteiger partial charge in [-0.25, -0.2) is 0 Å². The van der Waals surface area contributed by atoms with Crippen LogP contribution in [-0.2, 0) is 6.42 Å². The van der Waals surface area contributed by atoms with Crippen molar-refractivity contribution in [3.8, 4) is 0 Å². The van der Waals surface area contributed by atoms with Crippen LogP contribution in [0.15, 0.2) is 39.2 Å². The van der Waals surface area contributed by atoms with E-state index >= 15 is 0 Å². The minimum absolute atomic E-state index is 0.128. The highest BCUT2D eigenvalue weighted by Gasteiger charge is 2.19. The Balaban J connectivity index is 2.35. The van der Waals surface area contributed by atoms with Crippen LogP contribution in [0.5, 0.6) is 0 Å². The van der Waals surface area contributed by atoms with Gasteiger partial charge < -0.3 is 9.73 Å². The smallest absolute Gasteiger partial charge is 0.125 e. The predicted molar refractivity (Wildman–Crippen MR) is 87.1 cm³/mol. The highest BCUT2D eigenvalue weighted by molar-refractivity contribution is 9.10. The predicted octanol–water partition coefficient (Wildman–Crippen LogP) is 5.00. The molecule has 0 aliphatic carbocycles. The van der Waals surface area contributed by atoms with Crippen molar-refractivity contribution in [2.45, 2.75) is 39.7 Å². The Hall–Kier alpha value is -1.06. The molecule has 0 aliphatic rings. The maximum atomic E-state index is 5.96. The zero-order chi connectivity index (χ0) is 14.5. The van der Waals surface area contributed by atoms with Crippen molar-refractivity contribution >= 4 is 15.9 Å². The number of benzene rings is 1. The van der Waals surface area contributed by atoms with Gasteiger partial charge in [0.05, 0.1) is 6.04 Å². The van der Waals surface area contributed by atoms with Crippen LogP contribution < -0.4 is 5.32 Å². The van der Waals surface area contributed by atoms with E-state index in [-0.39, 0.29) is 6.04 Å². The molecule has 20 heavy (non-hydrogen) atoms. The lowest BCUT2D eigenvalue weighted by Crippen LogP contribution is -2.23. The summed E-state index contributed by atoms with van der Waals surface area (Å²) >= 11 is 3.53. The van der Waals surface area contributed by atoms with Crippen molar-refractivity contribution in [1.82, 2.24) is 5.32 Å². The molecule has 3 heteroatoms. The first-order valence-corrected chi connectivity index (χ1v) is 8.03. The van der Waals surface area contributed by atoms with Crippen LogP contribution in [0.25, 0.3) is 0 Å². The highest BCUT2D eigenvalue weighted by atomic mass is 79.9. The Morgan fingerprint density at radius 3 is 2.60 bits per heavy atom. The summed E-state index contributed by atoms with van der Waals surface area (Å²) in [6.45, 7) is 7.41. The van der Waals surface area contributed by atoms with Gasteiger partial charge in [0.1, 0.15) is 11.5 Å².